The van der Waals surface area contributed by atoms with Crippen LogP contribution < -0.4 is 10.1 Å². The number of anilines is 1. The number of carbonyl (C=O) groups is 1. The van der Waals surface area contributed by atoms with E-state index in [1.54, 1.807) is 25.1 Å². The third-order valence-corrected chi connectivity index (χ3v) is 4.93. The molecule has 0 saturated carbocycles. The molecule has 6 nitrogen and oxygen atoms in total. The second-order valence-electron chi connectivity index (χ2n) is 6.98. The first-order chi connectivity index (χ1) is 15.0. The molecule has 1 aromatic heterocycles. The lowest BCUT2D eigenvalue weighted by Gasteiger charge is -2.17. The van der Waals surface area contributed by atoms with Gasteiger partial charge in [-0.1, -0.05) is 48.0 Å². The fourth-order valence-corrected chi connectivity index (χ4v) is 3.15. The summed E-state index contributed by atoms with van der Waals surface area (Å²) in [6.07, 6.45) is -0.768. The van der Waals surface area contributed by atoms with Crippen molar-refractivity contribution in [3.05, 3.63) is 83.4 Å². The number of aryl methyl sites for hydroxylation is 1. The summed E-state index contributed by atoms with van der Waals surface area (Å²) in [5.74, 6) is 0.896. The molecule has 0 unspecified atom stereocenters. The van der Waals surface area contributed by atoms with E-state index in [1.165, 1.54) is 0 Å². The Bertz CT molecular complexity index is 1210. The first-order valence-electron chi connectivity index (χ1n) is 9.73. The number of ether oxygens (including phenoxy) is 1. The first kappa shape index (κ1) is 20.6. The van der Waals surface area contributed by atoms with Crippen LogP contribution in [0.4, 0.5) is 5.69 Å². The summed E-state index contributed by atoms with van der Waals surface area (Å²) < 4.78 is 11.8. The summed E-state index contributed by atoms with van der Waals surface area (Å²) in [5, 5.41) is 11.7. The van der Waals surface area contributed by atoms with Crippen LogP contribution in [0, 0.1) is 6.92 Å². The maximum Gasteiger partial charge on any atom is 0.265 e. The third-order valence-electron chi connectivity index (χ3n) is 4.69. The summed E-state index contributed by atoms with van der Waals surface area (Å²) in [5.41, 5.74) is 2.98. The van der Waals surface area contributed by atoms with Gasteiger partial charge in [-0.05, 0) is 55.8 Å². The Morgan fingerprint density at radius 3 is 2.52 bits per heavy atom. The minimum Gasteiger partial charge on any atom is -0.480 e. The number of nitrogens with one attached hydrogen (secondary N) is 1. The Morgan fingerprint density at radius 1 is 1.00 bits per heavy atom. The Balaban J connectivity index is 1.53. The average Bonchev–Trinajstić information content (AvgIpc) is 3.27. The molecule has 0 radical (unpaired) electrons. The monoisotopic (exact) mass is 433 g/mol. The van der Waals surface area contributed by atoms with Crippen molar-refractivity contribution in [3.8, 4) is 28.7 Å². The summed E-state index contributed by atoms with van der Waals surface area (Å²) >= 11 is 6.04. The molecule has 31 heavy (non-hydrogen) atoms. The van der Waals surface area contributed by atoms with Crippen molar-refractivity contribution in [3.63, 3.8) is 0 Å². The molecule has 1 heterocycles. The number of nitrogens with zero attached hydrogens (tertiary/aromatic N) is 2. The molecule has 0 bridgehead atoms. The van der Waals surface area contributed by atoms with Crippen molar-refractivity contribution in [1.29, 1.82) is 0 Å². The molecular formula is C24H20ClN3O3. The zero-order chi connectivity index (χ0) is 21.8. The zero-order valence-corrected chi connectivity index (χ0v) is 17.8. The highest BCUT2D eigenvalue weighted by Gasteiger charge is 2.20. The van der Waals surface area contributed by atoms with Crippen LogP contribution in [0.3, 0.4) is 0 Å². The molecule has 0 aliphatic rings. The highest BCUT2D eigenvalue weighted by molar-refractivity contribution is 6.31. The summed E-state index contributed by atoms with van der Waals surface area (Å²) in [7, 11) is 0. The molecule has 1 amide bonds. The summed E-state index contributed by atoms with van der Waals surface area (Å²) in [6, 6.07) is 22.1. The molecule has 0 aliphatic heterocycles. The topological polar surface area (TPSA) is 77.2 Å². The van der Waals surface area contributed by atoms with Crippen molar-refractivity contribution in [2.75, 3.05) is 5.32 Å². The largest absolute Gasteiger partial charge is 0.480 e. The predicted molar refractivity (Wildman–Crippen MR) is 120 cm³/mol. The van der Waals surface area contributed by atoms with Gasteiger partial charge in [-0.15, -0.1) is 10.2 Å². The van der Waals surface area contributed by atoms with Gasteiger partial charge in [-0.3, -0.25) is 4.79 Å². The van der Waals surface area contributed by atoms with Crippen LogP contribution in [0.25, 0.3) is 22.9 Å². The molecule has 1 N–H and O–H groups in total. The zero-order valence-electron chi connectivity index (χ0n) is 17.0. The number of carbonyl (C=O) groups excluding carboxylic acids is 1. The van der Waals surface area contributed by atoms with E-state index in [-0.39, 0.29) is 5.91 Å². The number of para-hydroxylation sites is 1. The van der Waals surface area contributed by atoms with Gasteiger partial charge in [0.25, 0.3) is 11.8 Å². The Morgan fingerprint density at radius 2 is 1.71 bits per heavy atom. The number of amides is 1. The molecule has 0 saturated heterocycles. The van der Waals surface area contributed by atoms with Gasteiger partial charge < -0.3 is 14.5 Å². The van der Waals surface area contributed by atoms with Crippen molar-refractivity contribution >= 4 is 23.2 Å². The molecule has 7 heteroatoms. The van der Waals surface area contributed by atoms with E-state index in [1.807, 2.05) is 61.5 Å². The lowest BCUT2D eigenvalue weighted by molar-refractivity contribution is -0.122. The lowest BCUT2D eigenvalue weighted by atomic mass is 10.2. The fraction of sp³-hybridized carbons (Fsp3) is 0.125. The number of benzene rings is 3. The lowest BCUT2D eigenvalue weighted by Crippen LogP contribution is -2.30. The molecular weight excluding hydrogens is 414 g/mol. The van der Waals surface area contributed by atoms with Crippen molar-refractivity contribution in [2.24, 2.45) is 0 Å². The van der Waals surface area contributed by atoms with E-state index < -0.39 is 6.10 Å². The van der Waals surface area contributed by atoms with Gasteiger partial charge in [0.15, 0.2) is 6.10 Å². The number of aromatic nitrogens is 2. The highest BCUT2D eigenvalue weighted by atomic mass is 35.5. The molecule has 0 aliphatic carbocycles. The van der Waals surface area contributed by atoms with E-state index in [2.05, 4.69) is 15.5 Å². The Hall–Kier alpha value is -3.64. The minimum atomic E-state index is -0.768. The number of hydrogen-bond donors (Lipinski definition) is 1. The molecule has 4 aromatic rings. The van der Waals surface area contributed by atoms with Gasteiger partial charge in [-0.2, -0.15) is 0 Å². The molecule has 0 fully saturated rings. The Kier molecular flexibility index (Phi) is 6.00. The van der Waals surface area contributed by atoms with Crippen LogP contribution in [-0.4, -0.2) is 22.2 Å². The van der Waals surface area contributed by atoms with Crippen LogP contribution in [-0.2, 0) is 4.79 Å². The van der Waals surface area contributed by atoms with Gasteiger partial charge >= 0.3 is 0 Å². The van der Waals surface area contributed by atoms with E-state index in [0.29, 0.717) is 33.8 Å². The van der Waals surface area contributed by atoms with E-state index in [0.717, 1.165) is 11.1 Å². The number of hydrogen-bond acceptors (Lipinski definition) is 5. The quantitative estimate of drug-likeness (QED) is 0.417. The fourth-order valence-electron chi connectivity index (χ4n) is 2.98. The van der Waals surface area contributed by atoms with Crippen molar-refractivity contribution < 1.29 is 13.9 Å². The smallest absolute Gasteiger partial charge is 0.265 e. The van der Waals surface area contributed by atoms with Crippen LogP contribution in [0.15, 0.2) is 77.2 Å². The molecule has 3 aromatic carbocycles. The number of rotatable bonds is 6. The van der Waals surface area contributed by atoms with Gasteiger partial charge in [0, 0.05) is 16.3 Å². The maximum atomic E-state index is 12.7. The molecule has 1 atom stereocenters. The van der Waals surface area contributed by atoms with Gasteiger partial charge in [0.1, 0.15) is 5.75 Å². The van der Waals surface area contributed by atoms with Crippen molar-refractivity contribution in [1.82, 2.24) is 10.2 Å². The normalized spacial score (nSPS) is 11.7. The molecule has 156 valence electrons. The van der Waals surface area contributed by atoms with E-state index in [9.17, 15) is 4.79 Å². The highest BCUT2D eigenvalue weighted by Crippen LogP contribution is 2.31. The van der Waals surface area contributed by atoms with Gasteiger partial charge in [0.05, 0.1) is 5.56 Å². The summed E-state index contributed by atoms with van der Waals surface area (Å²) in [6.45, 7) is 3.57. The van der Waals surface area contributed by atoms with Gasteiger partial charge in [0.2, 0.25) is 5.89 Å². The van der Waals surface area contributed by atoms with Crippen LogP contribution >= 0.6 is 11.6 Å². The third kappa shape index (κ3) is 4.75. The molecule has 0 spiro atoms. The van der Waals surface area contributed by atoms with E-state index in [4.69, 9.17) is 20.8 Å². The van der Waals surface area contributed by atoms with Crippen LogP contribution in [0.5, 0.6) is 5.75 Å². The standard InChI is InChI=1S/C24H20ClN3O3/c1-15-12-13-18(25)14-20(15)26-22(29)16(2)30-21-11-7-6-10-19(21)24-28-27-23(31-24)17-8-4-3-5-9-17/h3-14,16H,1-2H3,(H,26,29)/t16-/m0/s1. The second kappa shape index (κ2) is 9.02. The summed E-state index contributed by atoms with van der Waals surface area (Å²) in [4.78, 5) is 12.7. The predicted octanol–water partition coefficient (Wildman–Crippen LogP) is 5.77. The van der Waals surface area contributed by atoms with Crippen molar-refractivity contribution in [2.45, 2.75) is 20.0 Å². The van der Waals surface area contributed by atoms with Crippen LogP contribution in [0.2, 0.25) is 5.02 Å². The molecule has 4 rings (SSSR count). The SMILES string of the molecule is Cc1ccc(Cl)cc1NC(=O)[C@H](C)Oc1ccccc1-c1nnc(-c2ccccc2)o1. The Labute approximate surface area is 184 Å². The number of halogens is 1. The van der Waals surface area contributed by atoms with Crippen LogP contribution in [0.1, 0.15) is 12.5 Å². The second-order valence-corrected chi connectivity index (χ2v) is 7.42. The first-order valence-corrected chi connectivity index (χ1v) is 10.1. The van der Waals surface area contributed by atoms with Gasteiger partial charge in [-0.25, -0.2) is 0 Å². The minimum absolute atomic E-state index is 0.296. The maximum absolute atomic E-state index is 12.7. The van der Waals surface area contributed by atoms with E-state index >= 15 is 0 Å². The average molecular weight is 434 g/mol.